The Morgan fingerprint density at radius 3 is 2.50 bits per heavy atom. The summed E-state index contributed by atoms with van der Waals surface area (Å²) >= 11 is 0. The fourth-order valence-corrected chi connectivity index (χ4v) is 6.14. The smallest absolute Gasteiger partial charge is 0.417 e. The Kier molecular flexibility index (Phi) is 7.02. The Balaban J connectivity index is 1.44. The lowest BCUT2D eigenvalue weighted by atomic mass is 9.77. The third kappa shape index (κ3) is 4.48. The molecule has 216 valence electrons. The van der Waals surface area contributed by atoms with Crippen LogP contribution in [0.25, 0.3) is 0 Å². The summed E-state index contributed by atoms with van der Waals surface area (Å²) in [5.74, 6) is -7.24. The number of fused-ring (bicyclic) bond motifs is 2. The number of alkyl halides is 3. The van der Waals surface area contributed by atoms with Crippen molar-refractivity contribution < 1.29 is 41.0 Å². The molecule has 1 N–H and O–H groups in total. The van der Waals surface area contributed by atoms with Crippen LogP contribution in [0, 0.1) is 17.6 Å². The van der Waals surface area contributed by atoms with Crippen LogP contribution < -0.4 is 10.1 Å². The van der Waals surface area contributed by atoms with Crippen molar-refractivity contribution in [3.05, 3.63) is 53.4 Å². The number of hydrogen-bond acceptors (Lipinski definition) is 6. The molecule has 2 amide bonds. The lowest BCUT2D eigenvalue weighted by molar-refractivity contribution is -0.272. The van der Waals surface area contributed by atoms with Gasteiger partial charge in [-0.25, -0.2) is 4.39 Å². The van der Waals surface area contributed by atoms with Crippen LogP contribution in [0.1, 0.15) is 42.2 Å². The molecule has 0 radical (unpaired) electrons. The van der Waals surface area contributed by atoms with Crippen LogP contribution in [0.4, 0.5) is 27.6 Å². The number of hydrogen-bond donors (Lipinski definition) is 1. The van der Waals surface area contributed by atoms with Crippen molar-refractivity contribution in [2.75, 3.05) is 32.6 Å². The van der Waals surface area contributed by atoms with Gasteiger partial charge in [-0.05, 0) is 38.6 Å². The number of likely N-dealkylation sites (N-methyl/N-ethyl adjacent to an activating group) is 1. The molecule has 3 aliphatic rings. The van der Waals surface area contributed by atoms with Gasteiger partial charge in [0.15, 0.2) is 17.2 Å². The topological polar surface area (TPSA) is 84.0 Å². The van der Waals surface area contributed by atoms with E-state index in [-0.39, 0.29) is 34.9 Å². The number of halogens is 5. The van der Waals surface area contributed by atoms with Crippen molar-refractivity contribution in [2.24, 2.45) is 5.92 Å². The van der Waals surface area contributed by atoms with Gasteiger partial charge in [-0.3, -0.25) is 19.5 Å². The summed E-state index contributed by atoms with van der Waals surface area (Å²) in [6.07, 6.45) is -4.46. The third-order valence-electron chi connectivity index (χ3n) is 8.59. The van der Waals surface area contributed by atoms with Gasteiger partial charge in [0.2, 0.25) is 5.82 Å². The van der Waals surface area contributed by atoms with Gasteiger partial charge in [-0.15, -0.1) is 0 Å². The molecule has 6 atom stereocenters. The molecule has 1 aromatic carbocycles. The summed E-state index contributed by atoms with van der Waals surface area (Å²) in [4.78, 5) is 34.7. The number of carbonyl (C=O) groups is 2. The SMILES string of the molecule is COc1c([C@H]2[C@H](C(=O)Nc3ccnc(C(=O)N4C[C@H]5C[C@@H]4CN5C)c3)O[C@@](C)(C(F)(F)F)[C@H]2C)ccc(F)c1F. The predicted octanol–water partition coefficient (Wildman–Crippen LogP) is 3.98. The lowest BCUT2D eigenvalue weighted by Crippen LogP contribution is -2.47. The molecule has 2 bridgehead atoms. The summed E-state index contributed by atoms with van der Waals surface area (Å²) in [6, 6.07) is 4.93. The first kappa shape index (κ1) is 28.2. The van der Waals surface area contributed by atoms with Gasteiger partial charge in [0.05, 0.1) is 7.11 Å². The molecule has 3 fully saturated rings. The number of amides is 2. The van der Waals surface area contributed by atoms with Crippen LogP contribution in [-0.2, 0) is 9.53 Å². The van der Waals surface area contributed by atoms with Crippen LogP contribution in [-0.4, -0.2) is 83.8 Å². The second kappa shape index (κ2) is 9.95. The Bertz CT molecular complexity index is 1340. The van der Waals surface area contributed by atoms with Crippen LogP contribution in [0.5, 0.6) is 5.75 Å². The van der Waals surface area contributed by atoms with E-state index in [1.54, 1.807) is 4.90 Å². The monoisotopic (exact) mass is 568 g/mol. The summed E-state index contributed by atoms with van der Waals surface area (Å²) < 4.78 is 81.4. The van der Waals surface area contributed by atoms with Crippen LogP contribution >= 0.6 is 0 Å². The minimum atomic E-state index is -4.88. The number of piperazine rings is 1. The number of rotatable bonds is 5. The molecule has 8 nitrogen and oxygen atoms in total. The van der Waals surface area contributed by atoms with Crippen molar-refractivity contribution in [3.63, 3.8) is 0 Å². The first-order chi connectivity index (χ1) is 18.8. The molecule has 0 spiro atoms. The number of benzene rings is 1. The minimum Gasteiger partial charge on any atom is -0.493 e. The standard InChI is InChI=1S/C27H29F5N4O4/c1-13-20(17-5-6-18(28)21(29)22(17)39-4)23(40-26(13,2)27(30,31)32)24(37)34-14-7-8-33-19(9-14)25(38)36-12-15-10-16(36)11-35(15)3/h5-9,13,15-16,20,23H,10-12H2,1-4H3,(H,33,34,37)/t13-,15+,16+,20-,23+,26+/m0/s1. The quantitative estimate of drug-likeness (QED) is 0.550. The fraction of sp³-hybridized carbons (Fsp3) is 0.519. The number of anilines is 1. The van der Waals surface area contributed by atoms with Crippen molar-refractivity contribution in [1.29, 1.82) is 0 Å². The maximum atomic E-state index is 14.6. The zero-order chi connectivity index (χ0) is 29.1. The maximum absolute atomic E-state index is 14.6. The summed E-state index contributed by atoms with van der Waals surface area (Å²) in [5, 5.41) is 2.52. The number of aromatic nitrogens is 1. The molecule has 2 aromatic rings. The van der Waals surface area contributed by atoms with Gasteiger partial charge in [0, 0.05) is 54.5 Å². The largest absolute Gasteiger partial charge is 0.493 e. The molecule has 40 heavy (non-hydrogen) atoms. The van der Waals surface area contributed by atoms with Crippen molar-refractivity contribution in [3.8, 4) is 5.75 Å². The molecule has 13 heteroatoms. The van der Waals surface area contributed by atoms with Gasteiger partial charge in [0.1, 0.15) is 11.8 Å². The average molecular weight is 569 g/mol. The molecule has 0 saturated carbocycles. The predicted molar refractivity (Wildman–Crippen MR) is 133 cm³/mol. The molecular weight excluding hydrogens is 539 g/mol. The Labute approximate surface area is 227 Å². The second-order valence-corrected chi connectivity index (χ2v) is 10.8. The fourth-order valence-electron chi connectivity index (χ4n) is 6.14. The number of nitrogens with zero attached hydrogens (tertiary/aromatic N) is 3. The van der Waals surface area contributed by atoms with E-state index in [0.717, 1.165) is 39.1 Å². The number of nitrogens with one attached hydrogen (secondary N) is 1. The maximum Gasteiger partial charge on any atom is 0.417 e. The van der Waals surface area contributed by atoms with E-state index in [2.05, 4.69) is 15.2 Å². The first-order valence-corrected chi connectivity index (χ1v) is 12.8. The highest BCUT2D eigenvalue weighted by atomic mass is 19.4. The van der Waals surface area contributed by atoms with Crippen LogP contribution in [0.3, 0.4) is 0 Å². The van der Waals surface area contributed by atoms with E-state index < -0.39 is 53.0 Å². The molecule has 5 rings (SSSR count). The molecular formula is C27H29F5N4O4. The van der Waals surface area contributed by atoms with E-state index in [0.29, 0.717) is 6.54 Å². The Morgan fingerprint density at radius 1 is 1.18 bits per heavy atom. The summed E-state index contributed by atoms with van der Waals surface area (Å²) in [7, 11) is 3.05. The Morgan fingerprint density at radius 2 is 1.90 bits per heavy atom. The van der Waals surface area contributed by atoms with Gasteiger partial charge in [-0.2, -0.15) is 17.6 Å². The normalized spacial score (nSPS) is 30.1. The molecule has 3 saturated heterocycles. The van der Waals surface area contributed by atoms with E-state index in [4.69, 9.17) is 9.47 Å². The number of ether oxygens (including phenoxy) is 2. The summed E-state index contributed by atoms with van der Waals surface area (Å²) in [5.41, 5.74) is -2.72. The van der Waals surface area contributed by atoms with Gasteiger partial charge < -0.3 is 19.7 Å². The molecule has 1 aromatic heterocycles. The van der Waals surface area contributed by atoms with Gasteiger partial charge in [0.25, 0.3) is 11.8 Å². The Hall–Kier alpha value is -3.32. The highest BCUT2D eigenvalue weighted by Crippen LogP contribution is 2.55. The minimum absolute atomic E-state index is 0.0582. The van der Waals surface area contributed by atoms with E-state index in [1.807, 2.05) is 7.05 Å². The first-order valence-electron chi connectivity index (χ1n) is 12.8. The summed E-state index contributed by atoms with van der Waals surface area (Å²) in [6.45, 7) is 3.35. The molecule has 0 unspecified atom stereocenters. The third-order valence-corrected chi connectivity index (χ3v) is 8.59. The molecule has 4 heterocycles. The van der Waals surface area contributed by atoms with E-state index >= 15 is 0 Å². The number of pyridine rings is 1. The van der Waals surface area contributed by atoms with Gasteiger partial charge >= 0.3 is 6.18 Å². The zero-order valence-electron chi connectivity index (χ0n) is 22.3. The zero-order valence-corrected chi connectivity index (χ0v) is 22.3. The van der Waals surface area contributed by atoms with E-state index in [9.17, 15) is 31.5 Å². The number of methoxy groups -OCH3 is 1. The molecule has 3 aliphatic heterocycles. The van der Waals surface area contributed by atoms with Crippen molar-refractivity contribution in [2.45, 2.75) is 56.2 Å². The lowest BCUT2D eigenvalue weighted by Gasteiger charge is -2.32. The number of likely N-dealkylation sites (tertiary alicyclic amines) is 2. The highest BCUT2D eigenvalue weighted by molar-refractivity contribution is 5.98. The van der Waals surface area contributed by atoms with Crippen molar-refractivity contribution >= 4 is 17.5 Å². The highest BCUT2D eigenvalue weighted by Gasteiger charge is 2.66. The second-order valence-electron chi connectivity index (χ2n) is 10.8. The van der Waals surface area contributed by atoms with Crippen molar-refractivity contribution in [1.82, 2.24) is 14.8 Å². The molecule has 0 aliphatic carbocycles. The number of carbonyl (C=O) groups excluding carboxylic acids is 2. The van der Waals surface area contributed by atoms with Crippen LogP contribution in [0.15, 0.2) is 30.5 Å². The van der Waals surface area contributed by atoms with Crippen LogP contribution in [0.2, 0.25) is 0 Å². The van der Waals surface area contributed by atoms with Gasteiger partial charge in [-0.1, -0.05) is 13.0 Å². The van der Waals surface area contributed by atoms with E-state index in [1.165, 1.54) is 25.3 Å². The average Bonchev–Trinajstić information content (AvgIpc) is 3.56.